The molecule has 0 amide bonds. The third-order valence-electron chi connectivity index (χ3n) is 8.04. The lowest BCUT2D eigenvalue weighted by atomic mass is 9.90. The summed E-state index contributed by atoms with van der Waals surface area (Å²) in [5, 5.41) is 7.93. The highest BCUT2D eigenvalue weighted by atomic mass is 32.1. The van der Waals surface area contributed by atoms with Crippen molar-refractivity contribution in [3.63, 3.8) is 0 Å². The van der Waals surface area contributed by atoms with E-state index in [1.165, 1.54) is 80.7 Å². The summed E-state index contributed by atoms with van der Waals surface area (Å²) in [6.07, 6.45) is 0. The molecule has 2 heterocycles. The van der Waals surface area contributed by atoms with Gasteiger partial charge in [0.2, 0.25) is 0 Å². The number of hydrogen-bond acceptors (Lipinski definition) is 1. The molecule has 6 aromatic carbocycles. The Morgan fingerprint density at radius 1 is 0.526 bits per heavy atom. The molecular formula is C36H25NS. The zero-order valence-electron chi connectivity index (χ0n) is 21.3. The molecule has 0 saturated heterocycles. The van der Waals surface area contributed by atoms with Crippen molar-refractivity contribution in [3.05, 3.63) is 126 Å². The SMILES string of the molecule is Cc1cc2sc3ccccc3c2cc1-c1c(C)ccc2c1c1c3ccccc3ccc1n2-c1ccccc1. The van der Waals surface area contributed by atoms with E-state index in [1.807, 2.05) is 11.3 Å². The quantitative estimate of drug-likeness (QED) is 0.221. The molecule has 0 atom stereocenters. The van der Waals surface area contributed by atoms with Crippen molar-refractivity contribution in [2.24, 2.45) is 0 Å². The molecule has 0 N–H and O–H groups in total. The second kappa shape index (κ2) is 8.05. The predicted octanol–water partition coefficient (Wildman–Crippen LogP) is 10.6. The lowest BCUT2D eigenvalue weighted by Crippen LogP contribution is -1.94. The number of aryl methyl sites for hydroxylation is 2. The third kappa shape index (κ3) is 2.98. The fourth-order valence-electron chi connectivity index (χ4n) is 6.32. The summed E-state index contributed by atoms with van der Waals surface area (Å²) in [6, 6.07) is 42.4. The molecule has 8 rings (SSSR count). The Morgan fingerprint density at radius 3 is 2.11 bits per heavy atom. The molecule has 0 radical (unpaired) electrons. The molecule has 1 nitrogen and oxygen atoms in total. The van der Waals surface area contributed by atoms with Crippen LogP contribution in [0.5, 0.6) is 0 Å². The Labute approximate surface area is 225 Å². The lowest BCUT2D eigenvalue weighted by molar-refractivity contribution is 1.18. The lowest BCUT2D eigenvalue weighted by Gasteiger charge is -2.14. The maximum Gasteiger partial charge on any atom is 0.0547 e. The van der Waals surface area contributed by atoms with Gasteiger partial charge in [0.25, 0.3) is 0 Å². The first-order chi connectivity index (χ1) is 18.7. The van der Waals surface area contributed by atoms with Crippen molar-refractivity contribution < 1.29 is 0 Å². The molecule has 2 heteroatoms. The van der Waals surface area contributed by atoms with Crippen LogP contribution in [0.15, 0.2) is 115 Å². The van der Waals surface area contributed by atoms with E-state index in [-0.39, 0.29) is 0 Å². The largest absolute Gasteiger partial charge is 0.309 e. The Bertz CT molecular complexity index is 2190. The van der Waals surface area contributed by atoms with E-state index in [0.29, 0.717) is 0 Å². The first-order valence-corrected chi connectivity index (χ1v) is 13.9. The minimum Gasteiger partial charge on any atom is -0.309 e. The Balaban J connectivity index is 1.59. The molecule has 2 aromatic heterocycles. The van der Waals surface area contributed by atoms with Gasteiger partial charge in [-0.25, -0.2) is 0 Å². The fourth-order valence-corrected chi connectivity index (χ4v) is 7.50. The molecule has 0 fully saturated rings. The van der Waals surface area contributed by atoms with Crippen molar-refractivity contribution in [1.29, 1.82) is 0 Å². The molecule has 0 bridgehead atoms. The topological polar surface area (TPSA) is 4.93 Å². The van der Waals surface area contributed by atoms with Crippen LogP contribution in [-0.4, -0.2) is 4.57 Å². The van der Waals surface area contributed by atoms with Crippen LogP contribution in [0.25, 0.3) is 69.6 Å². The highest BCUT2D eigenvalue weighted by Gasteiger charge is 2.21. The van der Waals surface area contributed by atoms with Gasteiger partial charge in [-0.05, 0) is 89.3 Å². The Hall–Kier alpha value is -4.40. The second-order valence-corrected chi connectivity index (χ2v) is 11.3. The van der Waals surface area contributed by atoms with Gasteiger partial charge in [-0.15, -0.1) is 11.3 Å². The summed E-state index contributed by atoms with van der Waals surface area (Å²) >= 11 is 1.89. The molecule has 0 unspecified atom stereocenters. The van der Waals surface area contributed by atoms with Gasteiger partial charge in [0.15, 0.2) is 0 Å². The Morgan fingerprint density at radius 2 is 1.24 bits per heavy atom. The third-order valence-corrected chi connectivity index (χ3v) is 9.17. The number of aromatic nitrogens is 1. The number of para-hydroxylation sites is 1. The molecule has 0 aliphatic heterocycles. The molecule has 180 valence electrons. The summed E-state index contributed by atoms with van der Waals surface area (Å²) < 4.78 is 5.14. The minimum atomic E-state index is 1.19. The number of benzene rings is 6. The van der Waals surface area contributed by atoms with Crippen LogP contribution in [0, 0.1) is 13.8 Å². The van der Waals surface area contributed by atoms with Gasteiger partial charge in [-0.2, -0.15) is 0 Å². The number of rotatable bonds is 2. The predicted molar refractivity (Wildman–Crippen MR) is 166 cm³/mol. The van der Waals surface area contributed by atoms with Gasteiger partial charge in [0.05, 0.1) is 11.0 Å². The highest BCUT2D eigenvalue weighted by molar-refractivity contribution is 7.25. The van der Waals surface area contributed by atoms with Crippen LogP contribution < -0.4 is 0 Å². The highest BCUT2D eigenvalue weighted by Crippen LogP contribution is 2.45. The van der Waals surface area contributed by atoms with Crippen LogP contribution in [0.4, 0.5) is 0 Å². The molecule has 38 heavy (non-hydrogen) atoms. The molecule has 0 aliphatic carbocycles. The molecule has 8 aromatic rings. The molecular weight excluding hydrogens is 478 g/mol. The number of fused-ring (bicyclic) bond motifs is 8. The van der Waals surface area contributed by atoms with E-state index in [0.717, 1.165) is 0 Å². The average molecular weight is 504 g/mol. The molecule has 0 saturated carbocycles. The van der Waals surface area contributed by atoms with Crippen molar-refractivity contribution >= 4 is 64.1 Å². The van der Waals surface area contributed by atoms with Gasteiger partial charge in [0.1, 0.15) is 0 Å². The van der Waals surface area contributed by atoms with E-state index in [2.05, 4.69) is 134 Å². The Kier molecular flexibility index (Phi) is 4.59. The molecule has 0 spiro atoms. The van der Waals surface area contributed by atoms with E-state index < -0.39 is 0 Å². The zero-order valence-corrected chi connectivity index (χ0v) is 22.1. The van der Waals surface area contributed by atoms with E-state index in [4.69, 9.17) is 0 Å². The monoisotopic (exact) mass is 503 g/mol. The number of hydrogen-bond donors (Lipinski definition) is 0. The average Bonchev–Trinajstić information content (AvgIpc) is 3.48. The van der Waals surface area contributed by atoms with Crippen LogP contribution in [0.3, 0.4) is 0 Å². The standard InChI is InChI=1S/C36H25NS/c1-22-16-18-31-36(34(22)28-21-29-27-14-8-9-15-32(27)38-33(29)20-23(28)2)35-26-13-7-6-10-24(26)17-19-30(35)37(31)25-11-4-3-5-12-25/h3-21H,1-2H3. The fraction of sp³-hybridized carbons (Fsp3) is 0.0556. The van der Waals surface area contributed by atoms with Crippen molar-refractivity contribution in [2.45, 2.75) is 13.8 Å². The first-order valence-electron chi connectivity index (χ1n) is 13.1. The van der Waals surface area contributed by atoms with Crippen LogP contribution in [0.1, 0.15) is 11.1 Å². The van der Waals surface area contributed by atoms with Gasteiger partial charge >= 0.3 is 0 Å². The van der Waals surface area contributed by atoms with Gasteiger partial charge < -0.3 is 4.57 Å². The molecule has 0 aliphatic rings. The van der Waals surface area contributed by atoms with Crippen LogP contribution in [-0.2, 0) is 0 Å². The van der Waals surface area contributed by atoms with Gasteiger partial charge in [-0.3, -0.25) is 0 Å². The van der Waals surface area contributed by atoms with Crippen LogP contribution in [0.2, 0.25) is 0 Å². The first kappa shape index (κ1) is 21.7. The van der Waals surface area contributed by atoms with Gasteiger partial charge in [0, 0.05) is 36.6 Å². The second-order valence-electron chi connectivity index (χ2n) is 10.3. The van der Waals surface area contributed by atoms with E-state index in [1.54, 1.807) is 0 Å². The van der Waals surface area contributed by atoms with Crippen molar-refractivity contribution in [3.8, 4) is 16.8 Å². The number of nitrogens with zero attached hydrogens (tertiary/aromatic N) is 1. The minimum absolute atomic E-state index is 1.19. The van der Waals surface area contributed by atoms with E-state index >= 15 is 0 Å². The number of thiophene rings is 1. The zero-order chi connectivity index (χ0) is 25.4. The summed E-state index contributed by atoms with van der Waals surface area (Å²) in [6.45, 7) is 4.53. The van der Waals surface area contributed by atoms with E-state index in [9.17, 15) is 0 Å². The smallest absolute Gasteiger partial charge is 0.0547 e. The summed E-state index contributed by atoms with van der Waals surface area (Å²) in [7, 11) is 0. The van der Waals surface area contributed by atoms with Gasteiger partial charge in [-0.1, -0.05) is 72.8 Å². The van der Waals surface area contributed by atoms with Crippen molar-refractivity contribution in [2.75, 3.05) is 0 Å². The maximum absolute atomic E-state index is 2.45. The summed E-state index contributed by atoms with van der Waals surface area (Å²) in [4.78, 5) is 0. The normalized spacial score (nSPS) is 11.9. The van der Waals surface area contributed by atoms with Crippen molar-refractivity contribution in [1.82, 2.24) is 4.57 Å². The summed E-state index contributed by atoms with van der Waals surface area (Å²) in [5.41, 5.74) is 8.97. The summed E-state index contributed by atoms with van der Waals surface area (Å²) in [5.74, 6) is 0. The maximum atomic E-state index is 2.45. The van der Waals surface area contributed by atoms with Crippen LogP contribution >= 0.6 is 11.3 Å².